The van der Waals surface area contributed by atoms with Gasteiger partial charge in [0.2, 0.25) is 0 Å². The van der Waals surface area contributed by atoms with Crippen molar-refractivity contribution in [2.45, 2.75) is 19.8 Å². The normalized spacial score (nSPS) is 13.2. The van der Waals surface area contributed by atoms with Gasteiger partial charge in [0.05, 0.1) is 26.3 Å². The fraction of sp³-hybridized carbons (Fsp3) is 0.208. The zero-order valence-electron chi connectivity index (χ0n) is 16.8. The van der Waals surface area contributed by atoms with Gasteiger partial charge in [-0.1, -0.05) is 18.2 Å². The fourth-order valence-corrected chi connectivity index (χ4v) is 3.31. The lowest BCUT2D eigenvalue weighted by atomic mass is 10.1. The van der Waals surface area contributed by atoms with Gasteiger partial charge in [-0.3, -0.25) is 0 Å². The number of rotatable bonds is 5. The lowest BCUT2D eigenvalue weighted by molar-refractivity contribution is 0.107. The third-order valence-electron chi connectivity index (χ3n) is 4.94. The van der Waals surface area contributed by atoms with Crippen LogP contribution in [0.15, 0.2) is 66.7 Å². The van der Waals surface area contributed by atoms with Crippen LogP contribution < -0.4 is 10.1 Å². The van der Waals surface area contributed by atoms with Crippen molar-refractivity contribution < 1.29 is 23.0 Å². The second-order valence-electron chi connectivity index (χ2n) is 7.27. The topological polar surface area (TPSA) is 50.8 Å². The Kier molecular flexibility index (Phi) is 6.43. The Hall–Kier alpha value is -3.45. The highest BCUT2D eigenvalue weighted by Crippen LogP contribution is 2.25. The SMILES string of the molecule is O=C(Nc1ccc(F)cc1)N1CCOc2ccc(COCc3ccc(F)cc3)cc2C1. The van der Waals surface area contributed by atoms with Gasteiger partial charge in [-0.2, -0.15) is 0 Å². The second kappa shape index (κ2) is 9.57. The molecule has 0 aromatic heterocycles. The Bertz CT molecular complexity index is 1040. The summed E-state index contributed by atoms with van der Waals surface area (Å²) in [5.74, 6) is 0.103. The Labute approximate surface area is 179 Å². The van der Waals surface area contributed by atoms with Crippen LogP contribution in [0.4, 0.5) is 19.3 Å². The molecule has 0 aliphatic carbocycles. The number of amides is 2. The van der Waals surface area contributed by atoms with Gasteiger partial charge in [-0.05, 0) is 59.7 Å². The van der Waals surface area contributed by atoms with Gasteiger partial charge in [-0.25, -0.2) is 13.6 Å². The number of fused-ring (bicyclic) bond motifs is 1. The van der Waals surface area contributed by atoms with Gasteiger partial charge in [0.1, 0.15) is 24.0 Å². The van der Waals surface area contributed by atoms with E-state index in [0.29, 0.717) is 38.6 Å². The lowest BCUT2D eigenvalue weighted by Gasteiger charge is -2.20. The molecule has 160 valence electrons. The predicted molar refractivity (Wildman–Crippen MR) is 113 cm³/mol. The van der Waals surface area contributed by atoms with Crippen molar-refractivity contribution in [2.75, 3.05) is 18.5 Å². The number of urea groups is 1. The molecule has 1 N–H and O–H groups in total. The van der Waals surface area contributed by atoms with Crippen molar-refractivity contribution in [3.8, 4) is 5.75 Å². The van der Waals surface area contributed by atoms with Crippen molar-refractivity contribution in [2.24, 2.45) is 0 Å². The van der Waals surface area contributed by atoms with Crippen LogP contribution in [0.1, 0.15) is 16.7 Å². The van der Waals surface area contributed by atoms with Crippen molar-refractivity contribution in [3.05, 3.63) is 95.1 Å². The Morgan fingerprint density at radius 3 is 2.32 bits per heavy atom. The van der Waals surface area contributed by atoms with E-state index in [1.165, 1.54) is 36.4 Å². The smallest absolute Gasteiger partial charge is 0.322 e. The molecule has 0 radical (unpaired) electrons. The first-order valence-corrected chi connectivity index (χ1v) is 9.95. The molecule has 5 nitrogen and oxygen atoms in total. The molecule has 1 aliphatic rings. The van der Waals surface area contributed by atoms with Crippen LogP contribution >= 0.6 is 0 Å². The Morgan fingerprint density at radius 2 is 1.58 bits per heavy atom. The molecule has 3 aromatic carbocycles. The maximum Gasteiger partial charge on any atom is 0.322 e. The molecule has 0 saturated carbocycles. The standard InChI is InChI=1S/C24H22F2N2O3/c25-20-4-1-17(2-5-20)15-30-16-18-3-10-23-19(13-18)14-28(11-12-31-23)24(29)27-22-8-6-21(26)7-9-22/h1-10,13H,11-12,14-16H2,(H,27,29). The minimum atomic E-state index is -0.357. The molecule has 0 fully saturated rings. The lowest BCUT2D eigenvalue weighted by Crippen LogP contribution is -2.36. The van der Waals surface area contributed by atoms with E-state index in [1.54, 1.807) is 17.0 Å². The van der Waals surface area contributed by atoms with Gasteiger partial charge in [0.25, 0.3) is 0 Å². The monoisotopic (exact) mass is 424 g/mol. The summed E-state index contributed by atoms with van der Waals surface area (Å²) in [7, 11) is 0. The van der Waals surface area contributed by atoms with Crippen LogP contribution in [0, 0.1) is 11.6 Å². The average Bonchev–Trinajstić information content (AvgIpc) is 2.99. The number of carbonyl (C=O) groups excluding carboxylic acids is 1. The van der Waals surface area contributed by atoms with Gasteiger partial charge in [0, 0.05) is 11.3 Å². The van der Waals surface area contributed by atoms with Crippen molar-refractivity contribution >= 4 is 11.7 Å². The number of halogens is 2. The van der Waals surface area contributed by atoms with E-state index in [0.717, 1.165) is 22.4 Å². The van der Waals surface area contributed by atoms with E-state index in [4.69, 9.17) is 9.47 Å². The largest absolute Gasteiger partial charge is 0.491 e. The minimum absolute atomic E-state index is 0.275. The van der Waals surface area contributed by atoms with Gasteiger partial charge < -0.3 is 19.7 Å². The van der Waals surface area contributed by atoms with E-state index in [-0.39, 0.29) is 17.7 Å². The highest BCUT2D eigenvalue weighted by Gasteiger charge is 2.20. The molecule has 7 heteroatoms. The fourth-order valence-electron chi connectivity index (χ4n) is 3.31. The van der Waals surface area contributed by atoms with Gasteiger partial charge >= 0.3 is 6.03 Å². The molecule has 0 bridgehead atoms. The molecular formula is C24H22F2N2O3. The molecule has 3 aromatic rings. The van der Waals surface area contributed by atoms with Crippen molar-refractivity contribution in [3.63, 3.8) is 0 Å². The zero-order valence-corrected chi connectivity index (χ0v) is 16.8. The van der Waals surface area contributed by atoms with Crippen LogP contribution in [-0.2, 0) is 24.5 Å². The molecule has 0 saturated heterocycles. The first kappa shape index (κ1) is 20.8. The molecule has 1 aliphatic heterocycles. The van der Waals surface area contributed by atoms with E-state index in [1.807, 2.05) is 18.2 Å². The summed E-state index contributed by atoms with van der Waals surface area (Å²) in [6.07, 6.45) is 0. The zero-order chi connectivity index (χ0) is 21.6. The molecule has 1 heterocycles. The third-order valence-corrected chi connectivity index (χ3v) is 4.94. The van der Waals surface area contributed by atoms with Crippen LogP contribution in [-0.4, -0.2) is 24.1 Å². The number of ether oxygens (including phenoxy) is 2. The molecule has 0 atom stereocenters. The highest BCUT2D eigenvalue weighted by atomic mass is 19.1. The summed E-state index contributed by atoms with van der Waals surface area (Å²) in [5, 5.41) is 2.78. The average molecular weight is 424 g/mol. The summed E-state index contributed by atoms with van der Waals surface area (Å²) >= 11 is 0. The van der Waals surface area contributed by atoms with Gasteiger partial charge in [-0.15, -0.1) is 0 Å². The Morgan fingerprint density at radius 1 is 0.935 bits per heavy atom. The van der Waals surface area contributed by atoms with Crippen LogP contribution in [0.2, 0.25) is 0 Å². The number of anilines is 1. The molecular weight excluding hydrogens is 402 g/mol. The third kappa shape index (κ3) is 5.58. The summed E-state index contributed by atoms with van der Waals surface area (Å²) in [4.78, 5) is 14.3. The molecule has 0 spiro atoms. The second-order valence-corrected chi connectivity index (χ2v) is 7.27. The molecule has 31 heavy (non-hydrogen) atoms. The van der Waals surface area contributed by atoms with E-state index in [2.05, 4.69) is 5.32 Å². The van der Waals surface area contributed by atoms with E-state index >= 15 is 0 Å². The number of hydrogen-bond donors (Lipinski definition) is 1. The van der Waals surface area contributed by atoms with Crippen molar-refractivity contribution in [1.82, 2.24) is 4.90 Å². The summed E-state index contributed by atoms with van der Waals surface area (Å²) < 4.78 is 37.6. The van der Waals surface area contributed by atoms with Crippen molar-refractivity contribution in [1.29, 1.82) is 0 Å². The maximum absolute atomic E-state index is 13.1. The highest BCUT2D eigenvalue weighted by molar-refractivity contribution is 5.89. The van der Waals surface area contributed by atoms with E-state index in [9.17, 15) is 13.6 Å². The predicted octanol–water partition coefficient (Wildman–Crippen LogP) is 5.11. The first-order valence-electron chi connectivity index (χ1n) is 9.95. The van der Waals surface area contributed by atoms with E-state index < -0.39 is 0 Å². The van der Waals surface area contributed by atoms with Crippen LogP contribution in [0.5, 0.6) is 5.75 Å². The van der Waals surface area contributed by atoms with Gasteiger partial charge in [0.15, 0.2) is 0 Å². The van der Waals surface area contributed by atoms with Crippen LogP contribution in [0.25, 0.3) is 0 Å². The summed E-state index contributed by atoms with van der Waals surface area (Å²) in [5.41, 5.74) is 3.25. The number of nitrogens with one attached hydrogen (secondary N) is 1. The summed E-state index contributed by atoms with van der Waals surface area (Å²) in [6.45, 7) is 1.95. The molecule has 2 amide bonds. The minimum Gasteiger partial charge on any atom is -0.491 e. The molecule has 0 unspecified atom stereocenters. The molecule has 4 rings (SSSR count). The number of benzene rings is 3. The quantitative estimate of drug-likeness (QED) is 0.619. The first-order chi connectivity index (χ1) is 15.1. The van der Waals surface area contributed by atoms with Crippen LogP contribution in [0.3, 0.4) is 0 Å². The number of nitrogens with zero attached hydrogens (tertiary/aromatic N) is 1. The Balaban J connectivity index is 1.38. The summed E-state index contributed by atoms with van der Waals surface area (Å²) in [6, 6.07) is 17.3. The number of carbonyl (C=O) groups is 1. The number of hydrogen-bond acceptors (Lipinski definition) is 3. The maximum atomic E-state index is 13.1.